The largest absolute Gasteiger partial charge is 0.319 e. The number of carbonyl (C=O) groups is 1. The van der Waals surface area contributed by atoms with E-state index < -0.39 is 10.8 Å². The summed E-state index contributed by atoms with van der Waals surface area (Å²) in [6.07, 6.45) is 1.53. The molecule has 1 aromatic carbocycles. The molecule has 3 rings (SSSR count). The number of H-pyrrole nitrogens is 1. The van der Waals surface area contributed by atoms with Crippen molar-refractivity contribution in [1.82, 2.24) is 15.2 Å². The standard InChI is InChI=1S/C14H11N5O3/c1-8-2-3-9(7-15-8)16-14(20)13-11-6-10(19(21)22)4-5-12(11)17-18-13/h2-7H,1H3,(H,16,20)(H,17,18). The Balaban J connectivity index is 1.95. The van der Waals surface area contributed by atoms with Gasteiger partial charge in [0.2, 0.25) is 0 Å². The van der Waals surface area contributed by atoms with Gasteiger partial charge in [-0.05, 0) is 25.1 Å². The Kier molecular flexibility index (Phi) is 3.26. The van der Waals surface area contributed by atoms with Crippen LogP contribution in [-0.4, -0.2) is 26.0 Å². The first-order chi connectivity index (χ1) is 10.5. The number of non-ortho nitro benzene ring substituents is 1. The van der Waals surface area contributed by atoms with E-state index in [0.29, 0.717) is 16.6 Å². The van der Waals surface area contributed by atoms with E-state index in [4.69, 9.17) is 0 Å². The molecule has 0 fully saturated rings. The molecule has 3 aromatic rings. The molecular weight excluding hydrogens is 286 g/mol. The summed E-state index contributed by atoms with van der Waals surface area (Å²) in [4.78, 5) is 26.7. The number of rotatable bonds is 3. The zero-order valence-electron chi connectivity index (χ0n) is 11.5. The minimum Gasteiger partial charge on any atom is -0.319 e. The molecule has 8 nitrogen and oxygen atoms in total. The van der Waals surface area contributed by atoms with Gasteiger partial charge >= 0.3 is 0 Å². The summed E-state index contributed by atoms with van der Waals surface area (Å²) >= 11 is 0. The summed E-state index contributed by atoms with van der Waals surface area (Å²) in [6.45, 7) is 1.84. The highest BCUT2D eigenvalue weighted by molar-refractivity contribution is 6.11. The molecule has 0 atom stereocenters. The highest BCUT2D eigenvalue weighted by atomic mass is 16.6. The molecule has 0 aliphatic heterocycles. The van der Waals surface area contributed by atoms with Crippen LogP contribution in [0.1, 0.15) is 16.2 Å². The number of hydrogen-bond acceptors (Lipinski definition) is 5. The fraction of sp³-hybridized carbons (Fsp3) is 0.0714. The summed E-state index contributed by atoms with van der Waals surface area (Å²) in [5.41, 5.74) is 1.91. The van der Waals surface area contributed by atoms with Crippen molar-refractivity contribution < 1.29 is 9.72 Å². The maximum Gasteiger partial charge on any atom is 0.276 e. The van der Waals surface area contributed by atoms with Crippen LogP contribution < -0.4 is 5.32 Å². The maximum atomic E-state index is 12.3. The van der Waals surface area contributed by atoms with Crippen molar-refractivity contribution in [3.8, 4) is 0 Å². The summed E-state index contributed by atoms with van der Waals surface area (Å²) in [5.74, 6) is -0.461. The second kappa shape index (κ2) is 5.24. The molecule has 2 heterocycles. The predicted octanol–water partition coefficient (Wildman–Crippen LogP) is 2.43. The van der Waals surface area contributed by atoms with E-state index in [0.717, 1.165) is 5.69 Å². The number of nitro benzene ring substituents is 1. The normalized spacial score (nSPS) is 10.6. The van der Waals surface area contributed by atoms with Gasteiger partial charge in [-0.15, -0.1) is 0 Å². The summed E-state index contributed by atoms with van der Waals surface area (Å²) in [5, 5.41) is 20.5. The van der Waals surface area contributed by atoms with Crippen molar-refractivity contribution in [2.45, 2.75) is 6.92 Å². The molecule has 0 radical (unpaired) electrons. The third-order valence-corrected chi connectivity index (χ3v) is 3.14. The first-order valence-corrected chi connectivity index (χ1v) is 6.41. The Bertz CT molecular complexity index is 870. The Morgan fingerprint density at radius 2 is 2.14 bits per heavy atom. The van der Waals surface area contributed by atoms with Crippen LogP contribution in [0.4, 0.5) is 11.4 Å². The fourth-order valence-electron chi connectivity index (χ4n) is 2.02. The molecule has 8 heteroatoms. The molecule has 1 amide bonds. The lowest BCUT2D eigenvalue weighted by Gasteiger charge is -2.03. The van der Waals surface area contributed by atoms with Crippen molar-refractivity contribution in [3.63, 3.8) is 0 Å². The number of fused-ring (bicyclic) bond motifs is 1. The van der Waals surface area contributed by atoms with Crippen LogP contribution >= 0.6 is 0 Å². The lowest BCUT2D eigenvalue weighted by Crippen LogP contribution is -2.13. The van der Waals surface area contributed by atoms with Crippen LogP contribution in [0.2, 0.25) is 0 Å². The van der Waals surface area contributed by atoms with Crippen LogP contribution in [-0.2, 0) is 0 Å². The summed E-state index contributed by atoms with van der Waals surface area (Å²) < 4.78 is 0. The van der Waals surface area contributed by atoms with Gasteiger partial charge in [0, 0.05) is 23.2 Å². The molecule has 2 aromatic heterocycles. The van der Waals surface area contributed by atoms with Crippen LogP contribution in [0.3, 0.4) is 0 Å². The van der Waals surface area contributed by atoms with Crippen molar-refractivity contribution >= 4 is 28.2 Å². The first kappa shape index (κ1) is 13.7. The molecule has 0 saturated heterocycles. The molecule has 110 valence electrons. The number of anilines is 1. The van der Waals surface area contributed by atoms with Gasteiger partial charge in [0.05, 0.1) is 22.3 Å². The number of nitro groups is 1. The SMILES string of the molecule is Cc1ccc(NC(=O)c2n[nH]c3ccc([N+](=O)[O-])cc23)cn1. The second-order valence-electron chi connectivity index (χ2n) is 4.70. The van der Waals surface area contributed by atoms with Gasteiger partial charge in [-0.2, -0.15) is 5.10 Å². The summed E-state index contributed by atoms with van der Waals surface area (Å²) in [6, 6.07) is 7.68. The van der Waals surface area contributed by atoms with Crippen molar-refractivity contribution in [2.24, 2.45) is 0 Å². The number of aromatic amines is 1. The zero-order chi connectivity index (χ0) is 15.7. The Hall–Kier alpha value is -3.29. The Morgan fingerprint density at radius 1 is 1.32 bits per heavy atom. The van der Waals surface area contributed by atoms with Crippen LogP contribution in [0, 0.1) is 17.0 Å². The van der Waals surface area contributed by atoms with Gasteiger partial charge in [0.25, 0.3) is 11.6 Å². The minimum atomic E-state index is -0.516. The van der Waals surface area contributed by atoms with E-state index >= 15 is 0 Å². The smallest absolute Gasteiger partial charge is 0.276 e. The maximum absolute atomic E-state index is 12.3. The predicted molar refractivity (Wildman–Crippen MR) is 79.7 cm³/mol. The topological polar surface area (TPSA) is 114 Å². The molecule has 0 spiro atoms. The molecular formula is C14H11N5O3. The average molecular weight is 297 g/mol. The van der Waals surface area contributed by atoms with Crippen molar-refractivity contribution in [2.75, 3.05) is 5.32 Å². The van der Waals surface area contributed by atoms with Gasteiger partial charge in [-0.1, -0.05) is 0 Å². The highest BCUT2D eigenvalue weighted by Gasteiger charge is 2.17. The molecule has 0 saturated carbocycles. The number of carbonyl (C=O) groups excluding carboxylic acids is 1. The van der Waals surface area contributed by atoms with E-state index in [1.807, 2.05) is 6.92 Å². The van der Waals surface area contributed by atoms with Gasteiger partial charge in [0.15, 0.2) is 5.69 Å². The van der Waals surface area contributed by atoms with Crippen LogP contribution in [0.25, 0.3) is 10.9 Å². The quantitative estimate of drug-likeness (QED) is 0.569. The van der Waals surface area contributed by atoms with Gasteiger partial charge < -0.3 is 5.32 Å². The molecule has 0 aliphatic rings. The zero-order valence-corrected chi connectivity index (χ0v) is 11.5. The van der Waals surface area contributed by atoms with Gasteiger partial charge in [-0.3, -0.25) is 25.0 Å². The van der Waals surface area contributed by atoms with E-state index in [9.17, 15) is 14.9 Å². The number of aromatic nitrogens is 3. The first-order valence-electron chi connectivity index (χ1n) is 6.41. The van der Waals surface area contributed by atoms with Crippen molar-refractivity contribution in [1.29, 1.82) is 0 Å². The minimum absolute atomic E-state index is 0.0966. The fourth-order valence-corrected chi connectivity index (χ4v) is 2.02. The molecule has 2 N–H and O–H groups in total. The van der Waals surface area contributed by atoms with E-state index in [2.05, 4.69) is 20.5 Å². The average Bonchev–Trinajstić information content (AvgIpc) is 2.92. The number of nitrogens with one attached hydrogen (secondary N) is 2. The molecule has 22 heavy (non-hydrogen) atoms. The monoisotopic (exact) mass is 297 g/mol. The van der Waals surface area contributed by atoms with E-state index in [1.54, 1.807) is 12.1 Å². The van der Waals surface area contributed by atoms with E-state index in [-0.39, 0.29) is 11.4 Å². The van der Waals surface area contributed by atoms with Crippen LogP contribution in [0.5, 0.6) is 0 Å². The number of hydrogen-bond donors (Lipinski definition) is 2. The van der Waals surface area contributed by atoms with Crippen molar-refractivity contribution in [3.05, 3.63) is 58.0 Å². The third kappa shape index (κ3) is 2.49. The highest BCUT2D eigenvalue weighted by Crippen LogP contribution is 2.22. The second-order valence-corrected chi connectivity index (χ2v) is 4.70. The third-order valence-electron chi connectivity index (χ3n) is 3.14. The number of amides is 1. The Labute approximate surface area is 124 Å². The number of benzene rings is 1. The van der Waals surface area contributed by atoms with E-state index in [1.165, 1.54) is 24.4 Å². The molecule has 0 bridgehead atoms. The molecule has 0 aliphatic carbocycles. The lowest BCUT2D eigenvalue weighted by atomic mass is 10.2. The molecule has 0 unspecified atom stereocenters. The van der Waals surface area contributed by atoms with Gasteiger partial charge in [-0.25, -0.2) is 0 Å². The lowest BCUT2D eigenvalue weighted by molar-refractivity contribution is -0.384. The van der Waals surface area contributed by atoms with Crippen LogP contribution in [0.15, 0.2) is 36.5 Å². The summed E-state index contributed by atoms with van der Waals surface area (Å²) in [7, 11) is 0. The van der Waals surface area contributed by atoms with Gasteiger partial charge in [0.1, 0.15) is 0 Å². The number of nitrogens with zero attached hydrogens (tertiary/aromatic N) is 3. The Morgan fingerprint density at radius 3 is 2.82 bits per heavy atom. The number of pyridine rings is 1. The number of aryl methyl sites for hydroxylation is 1.